The third kappa shape index (κ3) is 3.82. The maximum atomic E-state index is 11.5. The fourth-order valence-electron chi connectivity index (χ4n) is 0.189. The second kappa shape index (κ2) is 3.56. The fourth-order valence-corrected chi connectivity index (χ4v) is 0.258. The van der Waals surface area contributed by atoms with Gasteiger partial charge < -0.3 is 4.74 Å². The van der Waals surface area contributed by atoms with Crippen molar-refractivity contribution in [2.45, 2.75) is 6.18 Å². The van der Waals surface area contributed by atoms with Crippen molar-refractivity contribution in [2.75, 3.05) is 7.11 Å². The Morgan fingerprint density at radius 1 is 1.55 bits per heavy atom. The molecule has 3 nitrogen and oxygen atoms in total. The van der Waals surface area contributed by atoms with E-state index in [0.717, 1.165) is 7.11 Å². The molecule has 0 aliphatic rings. The van der Waals surface area contributed by atoms with Crippen LogP contribution < -0.4 is 0 Å². The van der Waals surface area contributed by atoms with Gasteiger partial charge in [0.25, 0.3) is 0 Å². The van der Waals surface area contributed by atoms with E-state index in [1.54, 1.807) is 0 Å². The van der Waals surface area contributed by atoms with E-state index in [0.29, 0.717) is 0 Å². The molecule has 11 heavy (non-hydrogen) atoms. The molecule has 0 aromatic heterocycles. The first kappa shape index (κ1) is 10.2. The number of aliphatic imine (C=N–C) groups is 1. The van der Waals surface area contributed by atoms with Crippen molar-refractivity contribution in [3.63, 3.8) is 0 Å². The molecule has 0 aromatic rings. The molecule has 0 heterocycles. The number of carbonyl (C=O) groups excluding carboxylic acids is 1. The van der Waals surface area contributed by atoms with Gasteiger partial charge in [-0.15, -0.1) is 0 Å². The quantitative estimate of drug-likeness (QED) is 0.547. The lowest BCUT2D eigenvalue weighted by atomic mass is 10.7. The molecule has 0 spiro atoms. The second-order valence-corrected chi connectivity index (χ2v) is 1.73. The van der Waals surface area contributed by atoms with Crippen LogP contribution in [0.1, 0.15) is 0 Å². The monoisotopic (exact) mass is 189 g/mol. The first-order valence-electron chi connectivity index (χ1n) is 2.27. The highest BCUT2D eigenvalue weighted by Crippen LogP contribution is 2.19. The number of carbonyl (C=O) groups is 1. The summed E-state index contributed by atoms with van der Waals surface area (Å²) in [5, 5.41) is -1.75. The molecular weight excluding hydrogens is 186 g/mol. The average molecular weight is 190 g/mol. The third-order valence-electron chi connectivity index (χ3n) is 0.598. The lowest BCUT2D eigenvalue weighted by Gasteiger charge is -2.00. The van der Waals surface area contributed by atoms with E-state index in [-0.39, 0.29) is 0 Å². The van der Waals surface area contributed by atoms with Crippen LogP contribution in [0, 0.1) is 0 Å². The van der Waals surface area contributed by atoms with Crippen LogP contribution in [0.5, 0.6) is 0 Å². The van der Waals surface area contributed by atoms with Gasteiger partial charge in [-0.2, -0.15) is 18.2 Å². The zero-order chi connectivity index (χ0) is 9.07. The number of hydrogen-bond acceptors (Lipinski definition) is 2. The Morgan fingerprint density at radius 3 is 2.27 bits per heavy atom. The molecule has 0 saturated carbocycles. The molecule has 7 heteroatoms. The van der Waals surface area contributed by atoms with Crippen LogP contribution in [0.3, 0.4) is 0 Å². The van der Waals surface area contributed by atoms with Gasteiger partial charge in [-0.05, 0) is 0 Å². The lowest BCUT2D eigenvalue weighted by Crippen LogP contribution is -2.18. The van der Waals surface area contributed by atoms with Crippen molar-refractivity contribution < 1.29 is 22.7 Å². The van der Waals surface area contributed by atoms with Crippen LogP contribution in [-0.2, 0) is 4.74 Å². The van der Waals surface area contributed by atoms with Crippen molar-refractivity contribution in [3.05, 3.63) is 0 Å². The Kier molecular flexibility index (Phi) is 3.31. The Bertz CT molecular complexity index is 188. The molecule has 0 bridgehead atoms. The highest BCUT2D eigenvalue weighted by atomic mass is 35.5. The number of alkyl halides is 3. The molecule has 0 N–H and O–H groups in total. The standard InChI is InChI=1S/C4H3ClF3NO2/c1-11-3(10)9-2(5)4(6,7)8/h1H3/b9-2+. The summed E-state index contributed by atoms with van der Waals surface area (Å²) in [6.45, 7) is 0. The zero-order valence-corrected chi connectivity index (χ0v) is 6.03. The van der Waals surface area contributed by atoms with Crippen LogP contribution >= 0.6 is 11.6 Å². The fraction of sp³-hybridized carbons (Fsp3) is 0.500. The van der Waals surface area contributed by atoms with Crippen LogP contribution in [-0.4, -0.2) is 24.6 Å². The maximum absolute atomic E-state index is 11.5. The number of halogens is 4. The number of ether oxygens (including phenoxy) is 1. The van der Waals surface area contributed by atoms with Crippen molar-refractivity contribution in [1.82, 2.24) is 0 Å². The largest absolute Gasteiger partial charge is 0.451 e. The Hall–Kier alpha value is -0.780. The number of amides is 1. The summed E-state index contributed by atoms with van der Waals surface area (Å²) in [5.74, 6) is 0. The average Bonchev–Trinajstić information content (AvgIpc) is 1.85. The Balaban J connectivity index is 4.35. The second-order valence-electron chi connectivity index (χ2n) is 1.37. The van der Waals surface area contributed by atoms with E-state index in [1.165, 1.54) is 0 Å². The van der Waals surface area contributed by atoms with E-state index < -0.39 is 17.4 Å². The van der Waals surface area contributed by atoms with Gasteiger partial charge in [-0.3, -0.25) is 0 Å². The van der Waals surface area contributed by atoms with Crippen LogP contribution in [0.25, 0.3) is 0 Å². The number of methoxy groups -OCH3 is 1. The third-order valence-corrected chi connectivity index (χ3v) is 0.897. The van der Waals surface area contributed by atoms with E-state index >= 15 is 0 Å². The molecule has 0 rings (SSSR count). The SMILES string of the molecule is COC(=O)/N=C(/Cl)C(F)(F)F. The van der Waals surface area contributed by atoms with E-state index in [9.17, 15) is 18.0 Å². The topological polar surface area (TPSA) is 38.7 Å². The number of nitrogens with zero attached hydrogens (tertiary/aromatic N) is 1. The van der Waals surface area contributed by atoms with Gasteiger partial charge in [0, 0.05) is 0 Å². The maximum Gasteiger partial charge on any atom is 0.444 e. The Morgan fingerprint density at radius 2 is 2.00 bits per heavy atom. The van der Waals surface area contributed by atoms with Crippen molar-refractivity contribution >= 4 is 22.9 Å². The highest BCUT2D eigenvalue weighted by molar-refractivity contribution is 6.67. The Labute approximate surface area is 64.8 Å². The normalized spacial score (nSPS) is 13.0. The van der Waals surface area contributed by atoms with Gasteiger partial charge in [0.15, 0.2) is 0 Å². The summed E-state index contributed by atoms with van der Waals surface area (Å²) in [5.41, 5.74) is 0. The van der Waals surface area contributed by atoms with Gasteiger partial charge in [0.05, 0.1) is 7.11 Å². The summed E-state index contributed by atoms with van der Waals surface area (Å²) in [4.78, 5) is 12.4. The molecule has 64 valence electrons. The van der Waals surface area contributed by atoms with Gasteiger partial charge in [-0.1, -0.05) is 11.6 Å². The summed E-state index contributed by atoms with van der Waals surface area (Å²) < 4.78 is 38.2. The molecule has 0 aromatic carbocycles. The molecule has 0 saturated heterocycles. The van der Waals surface area contributed by atoms with Gasteiger partial charge >= 0.3 is 12.3 Å². The molecule has 0 aliphatic carbocycles. The van der Waals surface area contributed by atoms with E-state index in [1.807, 2.05) is 0 Å². The molecule has 0 atom stereocenters. The van der Waals surface area contributed by atoms with E-state index in [4.69, 9.17) is 0 Å². The number of rotatable bonds is 0. The molecule has 0 fully saturated rings. The van der Waals surface area contributed by atoms with Crippen molar-refractivity contribution in [2.24, 2.45) is 4.99 Å². The number of hydrogen-bond donors (Lipinski definition) is 0. The summed E-state index contributed by atoms with van der Waals surface area (Å²) in [6, 6.07) is 0. The van der Waals surface area contributed by atoms with Crippen molar-refractivity contribution in [3.8, 4) is 0 Å². The minimum Gasteiger partial charge on any atom is -0.451 e. The van der Waals surface area contributed by atoms with Gasteiger partial charge in [0.2, 0.25) is 5.17 Å². The molecule has 1 amide bonds. The lowest BCUT2D eigenvalue weighted by molar-refractivity contribution is -0.0560. The van der Waals surface area contributed by atoms with Crippen molar-refractivity contribution in [1.29, 1.82) is 0 Å². The molecule has 0 aliphatic heterocycles. The molecular formula is C4H3ClF3NO2. The van der Waals surface area contributed by atoms with Gasteiger partial charge in [0.1, 0.15) is 0 Å². The van der Waals surface area contributed by atoms with Crippen LogP contribution in [0.4, 0.5) is 18.0 Å². The first-order valence-corrected chi connectivity index (χ1v) is 2.65. The first-order chi connectivity index (χ1) is 4.88. The predicted octanol–water partition coefficient (Wildman–Crippen LogP) is 1.95. The molecule has 0 unspecified atom stereocenters. The predicted molar refractivity (Wildman–Crippen MR) is 31.7 cm³/mol. The summed E-state index contributed by atoms with van der Waals surface area (Å²) >= 11 is 4.55. The van der Waals surface area contributed by atoms with E-state index in [2.05, 4.69) is 21.3 Å². The van der Waals surface area contributed by atoms with Gasteiger partial charge in [-0.25, -0.2) is 4.79 Å². The zero-order valence-electron chi connectivity index (χ0n) is 5.28. The summed E-state index contributed by atoms with van der Waals surface area (Å²) in [7, 11) is 0.895. The molecule has 0 radical (unpaired) electrons. The minimum atomic E-state index is -4.80. The summed E-state index contributed by atoms with van der Waals surface area (Å²) in [6.07, 6.45) is -6.18. The highest BCUT2D eigenvalue weighted by Gasteiger charge is 2.35. The van der Waals surface area contributed by atoms with Crippen LogP contribution in [0.2, 0.25) is 0 Å². The minimum absolute atomic E-state index is 0.895. The smallest absolute Gasteiger partial charge is 0.444 e. The van der Waals surface area contributed by atoms with Crippen LogP contribution in [0.15, 0.2) is 4.99 Å².